The molecule has 23 heavy (non-hydrogen) atoms. The van der Waals surface area contributed by atoms with Crippen LogP contribution >= 0.6 is 0 Å². The lowest BCUT2D eigenvalue weighted by atomic mass is 9.97. The van der Waals surface area contributed by atoms with E-state index in [1.54, 1.807) is 13.8 Å². The molecule has 0 aromatic heterocycles. The van der Waals surface area contributed by atoms with Crippen molar-refractivity contribution < 1.29 is 23.8 Å². The SMILES string of the molecule is CC(C)[C@H](O)[C@@H](O[Si](C)(C)C(C)(C)C)C(=O)[C@@H]1COC(C)(C)O1. The number of ether oxygens (including phenoxy) is 2. The molecule has 1 aliphatic rings. The van der Waals surface area contributed by atoms with Crippen LogP contribution in [0.1, 0.15) is 48.5 Å². The molecule has 0 aromatic carbocycles. The lowest BCUT2D eigenvalue weighted by molar-refractivity contribution is -0.160. The third kappa shape index (κ3) is 5.10. The topological polar surface area (TPSA) is 65.0 Å². The molecule has 0 spiro atoms. The summed E-state index contributed by atoms with van der Waals surface area (Å²) in [5.41, 5.74) is 0. The van der Waals surface area contributed by atoms with Crippen LogP contribution in [0.3, 0.4) is 0 Å². The summed E-state index contributed by atoms with van der Waals surface area (Å²) < 4.78 is 17.4. The monoisotopic (exact) mass is 346 g/mol. The van der Waals surface area contributed by atoms with Gasteiger partial charge in [0.2, 0.25) is 0 Å². The van der Waals surface area contributed by atoms with Gasteiger partial charge in [0.05, 0.1) is 12.7 Å². The molecule has 0 radical (unpaired) electrons. The van der Waals surface area contributed by atoms with E-state index >= 15 is 0 Å². The van der Waals surface area contributed by atoms with Crippen LogP contribution in [0.25, 0.3) is 0 Å². The predicted molar refractivity (Wildman–Crippen MR) is 92.8 cm³/mol. The second kappa shape index (κ2) is 6.92. The summed E-state index contributed by atoms with van der Waals surface area (Å²) >= 11 is 0. The first-order chi connectivity index (χ1) is 10.2. The molecule has 1 saturated heterocycles. The first-order valence-corrected chi connectivity index (χ1v) is 11.3. The number of aliphatic hydroxyl groups excluding tert-OH is 1. The number of carbonyl (C=O) groups excluding carboxylic acids is 1. The molecule has 1 fully saturated rings. The van der Waals surface area contributed by atoms with Crippen LogP contribution in [0.5, 0.6) is 0 Å². The molecular formula is C17H34O5Si. The number of ketones is 1. The van der Waals surface area contributed by atoms with Crippen LogP contribution in [0, 0.1) is 5.92 Å². The molecule has 0 amide bonds. The van der Waals surface area contributed by atoms with Crippen molar-refractivity contribution in [3.05, 3.63) is 0 Å². The number of aliphatic hydroxyl groups is 1. The second-order valence-electron chi connectivity index (χ2n) is 8.75. The average molecular weight is 347 g/mol. The van der Waals surface area contributed by atoms with E-state index in [2.05, 4.69) is 33.9 Å². The minimum atomic E-state index is -2.20. The molecule has 3 atom stereocenters. The molecule has 1 heterocycles. The highest BCUT2D eigenvalue weighted by molar-refractivity contribution is 6.74. The van der Waals surface area contributed by atoms with E-state index in [0.717, 1.165) is 0 Å². The van der Waals surface area contributed by atoms with Crippen molar-refractivity contribution in [1.82, 2.24) is 0 Å². The van der Waals surface area contributed by atoms with Gasteiger partial charge in [-0.15, -0.1) is 0 Å². The number of hydrogen-bond acceptors (Lipinski definition) is 5. The zero-order valence-corrected chi connectivity index (χ0v) is 17.1. The maximum absolute atomic E-state index is 12.9. The smallest absolute Gasteiger partial charge is 0.194 e. The lowest BCUT2D eigenvalue weighted by Crippen LogP contribution is -2.53. The molecular weight excluding hydrogens is 312 g/mol. The van der Waals surface area contributed by atoms with Crippen molar-refractivity contribution in [1.29, 1.82) is 0 Å². The normalized spacial score (nSPS) is 24.7. The minimum absolute atomic E-state index is 0.0471. The van der Waals surface area contributed by atoms with E-state index < -0.39 is 32.4 Å². The van der Waals surface area contributed by atoms with Gasteiger partial charge >= 0.3 is 0 Å². The highest BCUT2D eigenvalue weighted by Crippen LogP contribution is 2.38. The molecule has 0 aliphatic carbocycles. The fourth-order valence-electron chi connectivity index (χ4n) is 2.15. The number of carbonyl (C=O) groups is 1. The fraction of sp³-hybridized carbons (Fsp3) is 0.941. The molecule has 6 heteroatoms. The number of hydrogen-bond donors (Lipinski definition) is 1. The Kier molecular flexibility index (Phi) is 6.25. The molecule has 0 unspecified atom stereocenters. The average Bonchev–Trinajstić information content (AvgIpc) is 2.73. The van der Waals surface area contributed by atoms with Gasteiger partial charge in [-0.3, -0.25) is 4.79 Å². The minimum Gasteiger partial charge on any atom is -0.404 e. The van der Waals surface area contributed by atoms with Gasteiger partial charge in [-0.05, 0) is 37.9 Å². The summed E-state index contributed by atoms with van der Waals surface area (Å²) in [5.74, 6) is -1.07. The fourth-order valence-corrected chi connectivity index (χ4v) is 3.39. The Morgan fingerprint density at radius 2 is 1.83 bits per heavy atom. The summed E-state index contributed by atoms with van der Waals surface area (Å²) in [6.45, 7) is 18.0. The molecule has 0 aromatic rings. The molecule has 0 saturated carbocycles. The Morgan fingerprint density at radius 3 is 2.17 bits per heavy atom. The zero-order chi connectivity index (χ0) is 18.2. The molecule has 1 aliphatic heterocycles. The van der Waals surface area contributed by atoms with E-state index in [9.17, 15) is 9.90 Å². The van der Waals surface area contributed by atoms with Crippen LogP contribution in [-0.2, 0) is 18.7 Å². The molecule has 1 N–H and O–H groups in total. The number of Topliss-reactive ketones (excluding diaryl/α,β-unsaturated/α-hetero) is 1. The molecule has 0 bridgehead atoms. The third-order valence-corrected chi connectivity index (χ3v) is 9.28. The van der Waals surface area contributed by atoms with Crippen LogP contribution in [0.2, 0.25) is 18.1 Å². The quantitative estimate of drug-likeness (QED) is 0.749. The van der Waals surface area contributed by atoms with E-state index in [1.807, 2.05) is 13.8 Å². The highest BCUT2D eigenvalue weighted by atomic mass is 28.4. The summed E-state index contributed by atoms with van der Waals surface area (Å²) in [7, 11) is -2.20. The van der Waals surface area contributed by atoms with E-state index in [4.69, 9.17) is 13.9 Å². The summed E-state index contributed by atoms with van der Waals surface area (Å²) in [4.78, 5) is 12.9. The molecule has 5 nitrogen and oxygen atoms in total. The third-order valence-electron chi connectivity index (χ3n) is 4.83. The Hall–Kier alpha value is -0.273. The molecule has 136 valence electrons. The van der Waals surface area contributed by atoms with Crippen LogP contribution in [-0.4, -0.2) is 49.9 Å². The largest absolute Gasteiger partial charge is 0.404 e. The van der Waals surface area contributed by atoms with Gasteiger partial charge in [0.1, 0.15) is 12.2 Å². The van der Waals surface area contributed by atoms with Crippen molar-refractivity contribution >= 4 is 14.1 Å². The lowest BCUT2D eigenvalue weighted by Gasteiger charge is -2.41. The van der Waals surface area contributed by atoms with Crippen molar-refractivity contribution in [3.63, 3.8) is 0 Å². The first kappa shape index (κ1) is 20.8. The summed E-state index contributed by atoms with van der Waals surface area (Å²) in [5, 5.41) is 10.5. The highest BCUT2D eigenvalue weighted by Gasteiger charge is 2.47. The second-order valence-corrected chi connectivity index (χ2v) is 13.5. The standard InChI is InChI=1S/C17H34O5Si/c1-11(2)13(18)15(22-23(8,9)16(3,4)5)14(19)12-10-20-17(6,7)21-12/h11-13,15,18H,10H2,1-9H3/t12-,13-,15+/m0/s1. The van der Waals surface area contributed by atoms with E-state index in [-0.39, 0.29) is 23.3 Å². The van der Waals surface area contributed by atoms with E-state index in [1.165, 1.54) is 0 Å². The van der Waals surface area contributed by atoms with Gasteiger partial charge in [0, 0.05) is 0 Å². The van der Waals surface area contributed by atoms with Crippen molar-refractivity contribution in [2.24, 2.45) is 5.92 Å². The van der Waals surface area contributed by atoms with Crippen LogP contribution in [0.15, 0.2) is 0 Å². The first-order valence-electron chi connectivity index (χ1n) is 8.39. The van der Waals surface area contributed by atoms with E-state index in [0.29, 0.717) is 0 Å². The Bertz CT molecular complexity index is 425. The summed E-state index contributed by atoms with van der Waals surface area (Å²) in [6, 6.07) is 0. The van der Waals surface area contributed by atoms with Gasteiger partial charge < -0.3 is 19.0 Å². The Morgan fingerprint density at radius 1 is 1.30 bits per heavy atom. The van der Waals surface area contributed by atoms with Crippen molar-refractivity contribution in [2.75, 3.05) is 6.61 Å². The van der Waals surface area contributed by atoms with Crippen LogP contribution < -0.4 is 0 Å². The number of rotatable bonds is 6. The maximum Gasteiger partial charge on any atom is 0.194 e. The molecule has 1 rings (SSSR count). The zero-order valence-electron chi connectivity index (χ0n) is 16.1. The van der Waals surface area contributed by atoms with Gasteiger partial charge in [0.25, 0.3) is 0 Å². The van der Waals surface area contributed by atoms with Crippen LogP contribution in [0.4, 0.5) is 0 Å². The maximum atomic E-state index is 12.9. The van der Waals surface area contributed by atoms with Gasteiger partial charge in [-0.2, -0.15) is 0 Å². The van der Waals surface area contributed by atoms with Gasteiger partial charge in [0.15, 0.2) is 19.9 Å². The predicted octanol–water partition coefficient (Wildman–Crippen LogP) is 3.11. The summed E-state index contributed by atoms with van der Waals surface area (Å²) in [6.07, 6.45) is -2.42. The Labute approximate surface area is 141 Å². The Balaban J connectivity index is 3.00. The van der Waals surface area contributed by atoms with Gasteiger partial charge in [-0.25, -0.2) is 0 Å². The van der Waals surface area contributed by atoms with Gasteiger partial charge in [-0.1, -0.05) is 34.6 Å². The van der Waals surface area contributed by atoms with Crippen molar-refractivity contribution in [3.8, 4) is 0 Å². The van der Waals surface area contributed by atoms with Crippen molar-refractivity contribution in [2.45, 2.75) is 90.7 Å².